The van der Waals surface area contributed by atoms with E-state index in [0.717, 1.165) is 11.1 Å². The van der Waals surface area contributed by atoms with Crippen LogP contribution in [0.4, 0.5) is 4.39 Å². The van der Waals surface area contributed by atoms with Crippen LogP contribution < -0.4 is 0 Å². The van der Waals surface area contributed by atoms with E-state index in [1.807, 2.05) is 12.1 Å². The van der Waals surface area contributed by atoms with Crippen molar-refractivity contribution in [3.05, 3.63) is 68.9 Å². The third-order valence-corrected chi connectivity index (χ3v) is 3.76. The third kappa shape index (κ3) is 3.01. The maximum atomic E-state index is 13.1. The molecule has 0 nitrogen and oxygen atoms in total. The molecule has 0 fully saturated rings. The molecule has 2 aromatic carbocycles. The van der Waals surface area contributed by atoms with Crippen LogP contribution in [-0.2, 0) is 0 Å². The molecule has 0 N–H and O–H groups in total. The van der Waals surface area contributed by atoms with Crippen LogP contribution in [0.25, 0.3) is 0 Å². The Bertz CT molecular complexity index is 525. The van der Waals surface area contributed by atoms with Crippen LogP contribution in [0.2, 0.25) is 5.02 Å². The lowest BCUT2D eigenvalue weighted by Gasteiger charge is -2.11. The predicted molar refractivity (Wildman–Crippen MR) is 73.2 cm³/mol. The summed E-state index contributed by atoms with van der Waals surface area (Å²) in [6, 6.07) is 12.0. The van der Waals surface area contributed by atoms with Crippen LogP contribution in [0.1, 0.15) is 16.5 Å². The van der Waals surface area contributed by atoms with Crippen molar-refractivity contribution in [1.82, 2.24) is 0 Å². The zero-order chi connectivity index (χ0) is 12.4. The van der Waals surface area contributed by atoms with Crippen molar-refractivity contribution in [3.8, 4) is 0 Å². The summed E-state index contributed by atoms with van der Waals surface area (Å²) in [5.74, 6) is -0.297. The maximum Gasteiger partial charge on any atom is 0.137 e. The first kappa shape index (κ1) is 12.9. The van der Waals surface area contributed by atoms with Gasteiger partial charge in [0.25, 0.3) is 0 Å². The van der Waals surface area contributed by atoms with Crippen LogP contribution in [0.3, 0.4) is 0 Å². The van der Waals surface area contributed by atoms with Crippen molar-refractivity contribution in [3.63, 3.8) is 0 Å². The SMILES string of the molecule is Fc1ccc(C(Cl)c2ccc(Cl)cc2)cc1Br. The molecule has 0 amide bonds. The molecule has 0 saturated heterocycles. The highest BCUT2D eigenvalue weighted by atomic mass is 79.9. The number of alkyl halides is 1. The van der Waals surface area contributed by atoms with Crippen LogP contribution in [0.15, 0.2) is 46.9 Å². The summed E-state index contributed by atoms with van der Waals surface area (Å²) in [4.78, 5) is 0. The zero-order valence-corrected chi connectivity index (χ0v) is 11.7. The first-order chi connectivity index (χ1) is 8.08. The summed E-state index contributed by atoms with van der Waals surface area (Å²) in [5, 5.41) is 0.349. The highest BCUT2D eigenvalue weighted by Gasteiger charge is 2.12. The Morgan fingerprint density at radius 1 is 1.00 bits per heavy atom. The number of hydrogen-bond acceptors (Lipinski definition) is 0. The molecular formula is C13H8BrCl2F. The Balaban J connectivity index is 2.33. The number of benzene rings is 2. The van der Waals surface area contributed by atoms with Crippen molar-refractivity contribution < 1.29 is 4.39 Å². The van der Waals surface area contributed by atoms with Crippen LogP contribution in [0, 0.1) is 5.82 Å². The molecule has 2 aromatic rings. The van der Waals surface area contributed by atoms with Gasteiger partial charge < -0.3 is 0 Å². The molecule has 0 radical (unpaired) electrons. The molecule has 0 heterocycles. The third-order valence-electron chi connectivity index (χ3n) is 2.40. The minimum atomic E-state index is -0.316. The first-order valence-electron chi connectivity index (χ1n) is 4.92. The Morgan fingerprint density at radius 3 is 2.18 bits per heavy atom. The van der Waals surface area contributed by atoms with Crippen molar-refractivity contribution in [2.24, 2.45) is 0 Å². The second-order valence-corrected chi connectivity index (χ2v) is 5.31. The van der Waals surface area contributed by atoms with Gasteiger partial charge in [0.15, 0.2) is 0 Å². The van der Waals surface area contributed by atoms with E-state index in [1.165, 1.54) is 6.07 Å². The Labute approximate surface area is 117 Å². The maximum absolute atomic E-state index is 13.1. The van der Waals surface area contributed by atoms with Gasteiger partial charge in [-0.05, 0) is 51.3 Å². The van der Waals surface area contributed by atoms with Gasteiger partial charge in [-0.1, -0.05) is 29.8 Å². The van der Waals surface area contributed by atoms with Gasteiger partial charge in [-0.3, -0.25) is 0 Å². The van der Waals surface area contributed by atoms with Crippen molar-refractivity contribution >= 4 is 39.1 Å². The summed E-state index contributed by atoms with van der Waals surface area (Å²) in [7, 11) is 0. The fraction of sp³-hybridized carbons (Fsp3) is 0.0769. The lowest BCUT2D eigenvalue weighted by molar-refractivity contribution is 0.620. The van der Waals surface area contributed by atoms with Gasteiger partial charge in [0, 0.05) is 5.02 Å². The molecule has 0 spiro atoms. The summed E-state index contributed by atoms with van der Waals surface area (Å²) in [5.41, 5.74) is 1.76. The van der Waals surface area contributed by atoms with E-state index in [2.05, 4.69) is 15.9 Å². The highest BCUT2D eigenvalue weighted by Crippen LogP contribution is 2.31. The molecule has 88 valence electrons. The van der Waals surface area contributed by atoms with Gasteiger partial charge in [-0.2, -0.15) is 0 Å². The summed E-state index contributed by atoms with van der Waals surface area (Å²) < 4.78 is 13.5. The normalized spacial score (nSPS) is 12.5. The summed E-state index contributed by atoms with van der Waals surface area (Å²) in [6.07, 6.45) is 0. The highest BCUT2D eigenvalue weighted by molar-refractivity contribution is 9.10. The molecule has 0 bridgehead atoms. The summed E-state index contributed by atoms with van der Waals surface area (Å²) >= 11 is 15.3. The van der Waals surface area contributed by atoms with Crippen molar-refractivity contribution in [1.29, 1.82) is 0 Å². The molecule has 0 aliphatic carbocycles. The Morgan fingerprint density at radius 2 is 1.59 bits per heavy atom. The molecule has 2 rings (SSSR count). The summed E-state index contributed by atoms with van der Waals surface area (Å²) in [6.45, 7) is 0. The van der Waals surface area contributed by atoms with Crippen molar-refractivity contribution in [2.45, 2.75) is 5.38 Å². The second-order valence-electron chi connectivity index (χ2n) is 3.59. The van der Waals surface area contributed by atoms with E-state index >= 15 is 0 Å². The number of rotatable bonds is 2. The van der Waals surface area contributed by atoms with Gasteiger partial charge in [0.05, 0.1) is 9.85 Å². The fourth-order valence-electron chi connectivity index (χ4n) is 1.49. The van der Waals surface area contributed by atoms with Gasteiger partial charge in [0.1, 0.15) is 5.82 Å². The van der Waals surface area contributed by atoms with Gasteiger partial charge >= 0.3 is 0 Å². The van der Waals surface area contributed by atoms with Gasteiger partial charge in [-0.25, -0.2) is 4.39 Å². The lowest BCUT2D eigenvalue weighted by Crippen LogP contribution is -1.93. The number of hydrogen-bond donors (Lipinski definition) is 0. The largest absolute Gasteiger partial charge is 0.206 e. The van der Waals surface area contributed by atoms with E-state index < -0.39 is 0 Å². The van der Waals surface area contributed by atoms with E-state index in [9.17, 15) is 4.39 Å². The monoisotopic (exact) mass is 332 g/mol. The fourth-order valence-corrected chi connectivity index (χ4v) is 2.30. The van der Waals surface area contributed by atoms with Crippen LogP contribution >= 0.6 is 39.1 Å². The average Bonchev–Trinajstić information content (AvgIpc) is 2.33. The molecule has 1 unspecified atom stereocenters. The van der Waals surface area contributed by atoms with E-state index in [4.69, 9.17) is 23.2 Å². The molecule has 17 heavy (non-hydrogen) atoms. The van der Waals surface area contributed by atoms with Crippen LogP contribution in [0.5, 0.6) is 0 Å². The Kier molecular flexibility index (Phi) is 4.08. The minimum absolute atomic E-state index is 0.297. The minimum Gasteiger partial charge on any atom is -0.206 e. The molecule has 0 aliphatic heterocycles. The molecule has 4 heteroatoms. The van der Waals surface area contributed by atoms with E-state index in [-0.39, 0.29) is 11.2 Å². The molecule has 1 atom stereocenters. The molecule has 0 aliphatic rings. The zero-order valence-electron chi connectivity index (χ0n) is 8.63. The smallest absolute Gasteiger partial charge is 0.137 e. The molecular weight excluding hydrogens is 326 g/mol. The number of halogens is 4. The van der Waals surface area contributed by atoms with E-state index in [1.54, 1.807) is 24.3 Å². The van der Waals surface area contributed by atoms with Gasteiger partial charge in [0.2, 0.25) is 0 Å². The van der Waals surface area contributed by atoms with Crippen molar-refractivity contribution in [2.75, 3.05) is 0 Å². The average molecular weight is 334 g/mol. The predicted octanol–water partition coefficient (Wildman–Crippen LogP) is 5.57. The lowest BCUT2D eigenvalue weighted by atomic mass is 10.0. The second kappa shape index (κ2) is 5.38. The van der Waals surface area contributed by atoms with Crippen LogP contribution in [-0.4, -0.2) is 0 Å². The van der Waals surface area contributed by atoms with E-state index in [0.29, 0.717) is 9.50 Å². The molecule has 0 saturated carbocycles. The first-order valence-corrected chi connectivity index (χ1v) is 6.53. The topological polar surface area (TPSA) is 0 Å². The standard InChI is InChI=1S/C13H8BrCl2F/c14-11-7-9(3-6-12(11)17)13(16)8-1-4-10(15)5-2-8/h1-7,13H. The van der Waals surface area contributed by atoms with Gasteiger partial charge in [-0.15, -0.1) is 11.6 Å². The quantitative estimate of drug-likeness (QED) is 0.630. The Hall–Kier alpha value is -0.570. The molecule has 0 aromatic heterocycles.